The Morgan fingerprint density at radius 3 is 2.40 bits per heavy atom. The Kier molecular flexibility index (Phi) is 6.17. The average molecular weight is 277 g/mol. The van der Waals surface area contributed by atoms with Crippen molar-refractivity contribution in [1.82, 2.24) is 10.2 Å². The molecular formula is C16H27N3O. The number of hydrogen-bond acceptors (Lipinski definition) is 3. The van der Waals surface area contributed by atoms with Crippen molar-refractivity contribution in [3.8, 4) is 0 Å². The van der Waals surface area contributed by atoms with Gasteiger partial charge in [0.15, 0.2) is 0 Å². The molecule has 1 rings (SSSR count). The Labute approximate surface area is 122 Å². The molecule has 1 amide bonds. The second-order valence-corrected chi connectivity index (χ2v) is 5.82. The van der Waals surface area contributed by atoms with Crippen LogP contribution in [-0.4, -0.2) is 38.0 Å². The van der Waals surface area contributed by atoms with E-state index < -0.39 is 5.41 Å². The van der Waals surface area contributed by atoms with Crippen LogP contribution in [0, 0.1) is 5.41 Å². The maximum atomic E-state index is 12.5. The minimum atomic E-state index is -0.501. The highest BCUT2D eigenvalue weighted by Crippen LogP contribution is 2.22. The number of nitrogens with two attached hydrogens (primary N) is 1. The van der Waals surface area contributed by atoms with Crippen molar-refractivity contribution < 1.29 is 4.79 Å². The van der Waals surface area contributed by atoms with Crippen molar-refractivity contribution >= 4 is 5.91 Å². The van der Waals surface area contributed by atoms with Gasteiger partial charge in [0, 0.05) is 13.1 Å². The summed E-state index contributed by atoms with van der Waals surface area (Å²) in [6, 6.07) is 10.0. The maximum absolute atomic E-state index is 12.5. The summed E-state index contributed by atoms with van der Waals surface area (Å²) in [6.45, 7) is 5.04. The molecule has 0 aliphatic carbocycles. The summed E-state index contributed by atoms with van der Waals surface area (Å²) in [5, 5.41) is 3.15. The average Bonchev–Trinajstić information content (AvgIpc) is 2.46. The fourth-order valence-electron chi connectivity index (χ4n) is 2.01. The third-order valence-electron chi connectivity index (χ3n) is 3.83. The quantitative estimate of drug-likeness (QED) is 0.799. The van der Waals surface area contributed by atoms with Crippen LogP contribution in [0.15, 0.2) is 30.3 Å². The van der Waals surface area contributed by atoms with Crippen molar-refractivity contribution in [1.29, 1.82) is 0 Å². The van der Waals surface area contributed by atoms with E-state index in [0.717, 1.165) is 18.5 Å². The van der Waals surface area contributed by atoms with Gasteiger partial charge in [-0.3, -0.25) is 4.79 Å². The molecule has 0 bridgehead atoms. The molecule has 1 aromatic rings. The first-order valence-electron chi connectivity index (χ1n) is 7.13. The number of amides is 1. The van der Waals surface area contributed by atoms with Gasteiger partial charge < -0.3 is 16.0 Å². The normalized spacial score (nSPS) is 15.7. The molecule has 0 heterocycles. The van der Waals surface area contributed by atoms with Crippen LogP contribution in [0.2, 0.25) is 0 Å². The highest BCUT2D eigenvalue weighted by Gasteiger charge is 2.31. The van der Waals surface area contributed by atoms with Gasteiger partial charge in [-0.05, 0) is 33.0 Å². The minimum absolute atomic E-state index is 0.0175. The first kappa shape index (κ1) is 16.7. The lowest BCUT2D eigenvalue weighted by Gasteiger charge is -2.30. The van der Waals surface area contributed by atoms with E-state index in [1.54, 1.807) is 0 Å². The molecule has 0 aliphatic heterocycles. The van der Waals surface area contributed by atoms with Gasteiger partial charge in [0.25, 0.3) is 0 Å². The Morgan fingerprint density at radius 2 is 1.95 bits per heavy atom. The number of hydrogen-bond donors (Lipinski definition) is 2. The first-order valence-corrected chi connectivity index (χ1v) is 7.13. The van der Waals surface area contributed by atoms with Crippen molar-refractivity contribution in [2.45, 2.75) is 26.3 Å². The molecule has 0 spiro atoms. The number of benzene rings is 1. The van der Waals surface area contributed by atoms with E-state index in [-0.39, 0.29) is 11.9 Å². The van der Waals surface area contributed by atoms with Crippen LogP contribution in [0.3, 0.4) is 0 Å². The van der Waals surface area contributed by atoms with Crippen LogP contribution in [0.5, 0.6) is 0 Å². The topological polar surface area (TPSA) is 58.4 Å². The van der Waals surface area contributed by atoms with Gasteiger partial charge in [0.05, 0.1) is 11.5 Å². The fraction of sp³-hybridized carbons (Fsp3) is 0.562. The van der Waals surface area contributed by atoms with E-state index in [1.807, 2.05) is 58.3 Å². The van der Waals surface area contributed by atoms with Gasteiger partial charge in [-0.15, -0.1) is 0 Å². The summed E-state index contributed by atoms with van der Waals surface area (Å²) in [7, 11) is 4.01. The zero-order valence-electron chi connectivity index (χ0n) is 13.0. The summed E-state index contributed by atoms with van der Waals surface area (Å²) >= 11 is 0. The van der Waals surface area contributed by atoms with E-state index in [9.17, 15) is 4.79 Å². The Bertz CT molecular complexity index is 413. The fourth-order valence-corrected chi connectivity index (χ4v) is 2.01. The molecule has 4 nitrogen and oxygen atoms in total. The van der Waals surface area contributed by atoms with Gasteiger partial charge in [0.1, 0.15) is 0 Å². The largest absolute Gasteiger partial charge is 0.347 e. The molecule has 0 fully saturated rings. The Hall–Kier alpha value is -1.39. The van der Waals surface area contributed by atoms with Crippen molar-refractivity contribution in [2.75, 3.05) is 27.2 Å². The van der Waals surface area contributed by atoms with Crippen LogP contribution in [0.4, 0.5) is 0 Å². The van der Waals surface area contributed by atoms with Gasteiger partial charge in [-0.25, -0.2) is 0 Å². The molecule has 1 aromatic carbocycles. The number of rotatable bonds is 7. The Morgan fingerprint density at radius 1 is 1.35 bits per heavy atom. The van der Waals surface area contributed by atoms with Crippen molar-refractivity contribution in [2.24, 2.45) is 11.1 Å². The second kappa shape index (κ2) is 7.41. The summed E-state index contributed by atoms with van der Waals surface area (Å²) in [4.78, 5) is 14.6. The zero-order chi connectivity index (χ0) is 15.2. The maximum Gasteiger partial charge on any atom is 0.227 e. The first-order chi connectivity index (χ1) is 9.42. The van der Waals surface area contributed by atoms with E-state index >= 15 is 0 Å². The third kappa shape index (κ3) is 4.32. The number of carbonyl (C=O) groups excluding carboxylic acids is 1. The lowest BCUT2D eigenvalue weighted by Crippen LogP contribution is -2.46. The van der Waals surface area contributed by atoms with Crippen LogP contribution in [0.25, 0.3) is 0 Å². The molecular weight excluding hydrogens is 250 g/mol. The third-order valence-corrected chi connectivity index (χ3v) is 3.83. The highest BCUT2D eigenvalue weighted by atomic mass is 16.2. The molecule has 2 atom stereocenters. The number of likely N-dealkylation sites (N-methyl/N-ethyl adjacent to an activating group) is 1. The summed E-state index contributed by atoms with van der Waals surface area (Å²) in [5.41, 5.74) is 6.38. The molecule has 2 unspecified atom stereocenters. The van der Waals surface area contributed by atoms with Crippen LogP contribution in [0.1, 0.15) is 31.9 Å². The smallest absolute Gasteiger partial charge is 0.227 e. The van der Waals surface area contributed by atoms with E-state index in [0.29, 0.717) is 6.54 Å². The number of nitrogens with one attached hydrogen (secondary N) is 1. The minimum Gasteiger partial charge on any atom is -0.347 e. The molecule has 0 aromatic heterocycles. The molecule has 4 heteroatoms. The lowest BCUT2D eigenvalue weighted by atomic mass is 9.86. The van der Waals surface area contributed by atoms with Crippen molar-refractivity contribution in [3.05, 3.63) is 35.9 Å². The van der Waals surface area contributed by atoms with Crippen LogP contribution < -0.4 is 11.1 Å². The van der Waals surface area contributed by atoms with E-state index in [2.05, 4.69) is 10.2 Å². The standard InChI is InChI=1S/C16H27N3O/c1-5-16(2,12-17)15(20)18-14(11-19(3)4)13-9-7-6-8-10-13/h6-10,14H,5,11-12,17H2,1-4H3,(H,18,20). The molecule has 0 saturated heterocycles. The summed E-state index contributed by atoms with van der Waals surface area (Å²) in [5.74, 6) is 0.0261. The Balaban J connectivity index is 2.88. The monoisotopic (exact) mass is 277 g/mol. The lowest BCUT2D eigenvalue weighted by molar-refractivity contribution is -0.130. The predicted molar refractivity (Wildman–Crippen MR) is 83.3 cm³/mol. The molecule has 20 heavy (non-hydrogen) atoms. The van der Waals surface area contributed by atoms with Crippen molar-refractivity contribution in [3.63, 3.8) is 0 Å². The number of nitrogens with zero attached hydrogens (tertiary/aromatic N) is 1. The van der Waals surface area contributed by atoms with Gasteiger partial charge >= 0.3 is 0 Å². The van der Waals surface area contributed by atoms with E-state index in [4.69, 9.17) is 5.73 Å². The molecule has 3 N–H and O–H groups in total. The van der Waals surface area contributed by atoms with Gasteiger partial charge in [-0.1, -0.05) is 37.3 Å². The SMILES string of the molecule is CCC(C)(CN)C(=O)NC(CN(C)C)c1ccccc1. The highest BCUT2D eigenvalue weighted by molar-refractivity contribution is 5.82. The molecule has 0 radical (unpaired) electrons. The molecule has 112 valence electrons. The van der Waals surface area contributed by atoms with Gasteiger partial charge in [0.2, 0.25) is 5.91 Å². The molecule has 0 aliphatic rings. The summed E-state index contributed by atoms with van der Waals surface area (Å²) in [6.07, 6.45) is 0.735. The van der Waals surface area contributed by atoms with Crippen LogP contribution >= 0.6 is 0 Å². The second-order valence-electron chi connectivity index (χ2n) is 5.82. The van der Waals surface area contributed by atoms with Gasteiger partial charge in [-0.2, -0.15) is 0 Å². The van der Waals surface area contributed by atoms with Crippen LogP contribution in [-0.2, 0) is 4.79 Å². The summed E-state index contributed by atoms with van der Waals surface area (Å²) < 4.78 is 0. The molecule has 0 saturated carbocycles. The van der Waals surface area contributed by atoms with E-state index in [1.165, 1.54) is 0 Å². The zero-order valence-corrected chi connectivity index (χ0v) is 13.0. The predicted octanol–water partition coefficient (Wildman–Crippen LogP) is 1.78. The number of carbonyl (C=O) groups is 1.